The molecule has 1 heterocycles. The van der Waals surface area contributed by atoms with Crippen molar-refractivity contribution < 1.29 is 14.3 Å². The van der Waals surface area contributed by atoms with Crippen LogP contribution >= 0.6 is 12.4 Å². The zero-order chi connectivity index (χ0) is 19.1. The summed E-state index contributed by atoms with van der Waals surface area (Å²) in [5.41, 5.74) is 3.69. The molecule has 2 aromatic carbocycles. The Morgan fingerprint density at radius 1 is 1.07 bits per heavy atom. The molecule has 150 valence electrons. The molecule has 1 atom stereocenters. The van der Waals surface area contributed by atoms with Crippen LogP contribution in [0.1, 0.15) is 27.0 Å². The van der Waals surface area contributed by atoms with E-state index in [1.165, 1.54) is 5.56 Å². The lowest BCUT2D eigenvalue weighted by molar-refractivity contribution is -0.134. The van der Waals surface area contributed by atoms with Crippen molar-refractivity contribution in [1.29, 1.82) is 0 Å². The Balaban J connectivity index is 0.00000280. The summed E-state index contributed by atoms with van der Waals surface area (Å²) >= 11 is 0. The number of morpholine rings is 1. The summed E-state index contributed by atoms with van der Waals surface area (Å²) in [4.78, 5) is 24.5. The number of hydrogen-bond acceptors (Lipinski definition) is 4. The first-order valence-electron chi connectivity index (χ1n) is 9.14. The minimum atomic E-state index is -0.459. The molecule has 7 heteroatoms. The summed E-state index contributed by atoms with van der Waals surface area (Å²) < 4.78 is 5.43. The first kappa shape index (κ1) is 21.9. The highest BCUT2D eigenvalue weighted by atomic mass is 35.5. The van der Waals surface area contributed by atoms with E-state index < -0.39 is 6.10 Å². The van der Waals surface area contributed by atoms with Crippen molar-refractivity contribution in [2.75, 3.05) is 19.7 Å². The maximum atomic E-state index is 12.4. The van der Waals surface area contributed by atoms with Gasteiger partial charge >= 0.3 is 0 Å². The van der Waals surface area contributed by atoms with Gasteiger partial charge in [0.1, 0.15) is 6.10 Å². The smallest absolute Gasteiger partial charge is 0.251 e. The summed E-state index contributed by atoms with van der Waals surface area (Å²) in [6.07, 6.45) is -0.459. The van der Waals surface area contributed by atoms with Gasteiger partial charge in [0.25, 0.3) is 11.8 Å². The minimum Gasteiger partial charge on any atom is -0.366 e. The van der Waals surface area contributed by atoms with Gasteiger partial charge in [-0.25, -0.2) is 0 Å². The molecule has 3 rings (SSSR count). The van der Waals surface area contributed by atoms with E-state index in [1.807, 2.05) is 43.3 Å². The van der Waals surface area contributed by atoms with Crippen molar-refractivity contribution in [2.45, 2.75) is 26.1 Å². The lowest BCUT2D eigenvalue weighted by Crippen LogP contribution is -2.47. The highest BCUT2D eigenvalue weighted by Crippen LogP contribution is 2.07. The second-order valence-corrected chi connectivity index (χ2v) is 6.65. The van der Waals surface area contributed by atoms with Gasteiger partial charge < -0.3 is 20.7 Å². The second-order valence-electron chi connectivity index (χ2n) is 6.65. The number of carbonyl (C=O) groups excluding carboxylic acids is 2. The molecule has 1 saturated heterocycles. The average Bonchev–Trinajstić information content (AvgIpc) is 2.72. The fourth-order valence-corrected chi connectivity index (χ4v) is 2.85. The molecule has 2 aromatic rings. The Hall–Kier alpha value is -2.41. The van der Waals surface area contributed by atoms with Crippen LogP contribution in [0.4, 0.5) is 0 Å². The maximum absolute atomic E-state index is 12.4. The van der Waals surface area contributed by atoms with E-state index in [0.717, 1.165) is 17.7 Å². The SMILES string of the molecule is Cc1ccc(CNC(=O)c2cccc(CNC(=O)C3CNCCO3)c2)cc1.Cl. The summed E-state index contributed by atoms with van der Waals surface area (Å²) in [6.45, 7) is 4.69. The van der Waals surface area contributed by atoms with Gasteiger partial charge in [-0.3, -0.25) is 9.59 Å². The van der Waals surface area contributed by atoms with Crippen molar-refractivity contribution in [3.8, 4) is 0 Å². The number of aryl methyl sites for hydroxylation is 1. The predicted molar refractivity (Wildman–Crippen MR) is 110 cm³/mol. The van der Waals surface area contributed by atoms with Crippen molar-refractivity contribution in [3.63, 3.8) is 0 Å². The largest absolute Gasteiger partial charge is 0.366 e. The molecule has 1 aliphatic heterocycles. The van der Waals surface area contributed by atoms with E-state index >= 15 is 0 Å². The van der Waals surface area contributed by atoms with Gasteiger partial charge in [-0.2, -0.15) is 0 Å². The summed E-state index contributed by atoms with van der Waals surface area (Å²) in [7, 11) is 0. The van der Waals surface area contributed by atoms with Crippen molar-refractivity contribution in [1.82, 2.24) is 16.0 Å². The van der Waals surface area contributed by atoms with Gasteiger partial charge in [-0.15, -0.1) is 12.4 Å². The molecule has 3 N–H and O–H groups in total. The predicted octanol–water partition coefficient (Wildman–Crippen LogP) is 1.95. The Morgan fingerprint density at radius 3 is 2.54 bits per heavy atom. The van der Waals surface area contributed by atoms with Gasteiger partial charge in [-0.1, -0.05) is 42.0 Å². The van der Waals surface area contributed by atoms with Crippen LogP contribution in [0.5, 0.6) is 0 Å². The topological polar surface area (TPSA) is 79.5 Å². The molecule has 0 radical (unpaired) electrons. The molecule has 0 saturated carbocycles. The third kappa shape index (κ3) is 6.34. The Kier molecular flexibility index (Phi) is 8.44. The number of carbonyl (C=O) groups is 2. The molecule has 6 nitrogen and oxygen atoms in total. The van der Waals surface area contributed by atoms with Crippen LogP contribution in [0.25, 0.3) is 0 Å². The van der Waals surface area contributed by atoms with Gasteiger partial charge in [0.2, 0.25) is 0 Å². The average molecular weight is 404 g/mol. The van der Waals surface area contributed by atoms with E-state index in [1.54, 1.807) is 12.1 Å². The minimum absolute atomic E-state index is 0. The molecular weight excluding hydrogens is 378 g/mol. The van der Waals surface area contributed by atoms with Crippen LogP contribution in [0.15, 0.2) is 48.5 Å². The van der Waals surface area contributed by atoms with Crippen LogP contribution in [-0.2, 0) is 22.6 Å². The summed E-state index contributed by atoms with van der Waals surface area (Å²) in [5.74, 6) is -0.278. The maximum Gasteiger partial charge on any atom is 0.251 e. The number of amides is 2. The summed E-state index contributed by atoms with van der Waals surface area (Å²) in [5, 5.41) is 8.92. The van der Waals surface area contributed by atoms with E-state index in [0.29, 0.717) is 31.8 Å². The molecule has 1 aliphatic rings. The standard InChI is InChI=1S/C21H25N3O3.ClH/c1-15-5-7-16(8-6-15)12-23-20(25)18-4-2-3-17(11-18)13-24-21(26)19-14-22-9-10-27-19;/h2-8,11,19,22H,9-10,12-14H2,1H3,(H,23,25)(H,24,26);1H. The first-order valence-corrected chi connectivity index (χ1v) is 9.14. The van der Waals surface area contributed by atoms with Gasteiger partial charge in [0.15, 0.2) is 0 Å². The van der Waals surface area contributed by atoms with Crippen molar-refractivity contribution in [2.24, 2.45) is 0 Å². The zero-order valence-corrected chi connectivity index (χ0v) is 16.7. The highest BCUT2D eigenvalue weighted by molar-refractivity contribution is 5.94. The molecule has 0 spiro atoms. The van der Waals surface area contributed by atoms with E-state index in [4.69, 9.17) is 4.74 Å². The number of benzene rings is 2. The Bertz CT molecular complexity index is 790. The molecule has 1 unspecified atom stereocenters. The van der Waals surface area contributed by atoms with Crippen LogP contribution < -0.4 is 16.0 Å². The molecule has 0 bridgehead atoms. The van der Waals surface area contributed by atoms with Crippen molar-refractivity contribution >= 4 is 24.2 Å². The Morgan fingerprint density at radius 2 is 1.82 bits per heavy atom. The van der Waals surface area contributed by atoms with Crippen LogP contribution in [0.3, 0.4) is 0 Å². The van der Waals surface area contributed by atoms with E-state index in [-0.39, 0.29) is 24.2 Å². The van der Waals surface area contributed by atoms with E-state index in [2.05, 4.69) is 16.0 Å². The van der Waals surface area contributed by atoms with Crippen LogP contribution in [0.2, 0.25) is 0 Å². The molecule has 2 amide bonds. The molecule has 0 aromatic heterocycles. The molecule has 1 fully saturated rings. The number of halogens is 1. The number of ether oxygens (including phenoxy) is 1. The second kappa shape index (κ2) is 10.8. The Labute approximate surface area is 171 Å². The highest BCUT2D eigenvalue weighted by Gasteiger charge is 2.21. The van der Waals surface area contributed by atoms with Gasteiger partial charge in [-0.05, 0) is 30.2 Å². The van der Waals surface area contributed by atoms with Gasteiger partial charge in [0.05, 0.1) is 6.61 Å². The number of hydrogen-bond donors (Lipinski definition) is 3. The molecular formula is C21H26ClN3O3. The van der Waals surface area contributed by atoms with E-state index in [9.17, 15) is 9.59 Å². The van der Waals surface area contributed by atoms with Crippen molar-refractivity contribution in [3.05, 3.63) is 70.8 Å². The quantitative estimate of drug-likeness (QED) is 0.688. The third-order valence-corrected chi connectivity index (χ3v) is 4.45. The third-order valence-electron chi connectivity index (χ3n) is 4.45. The monoisotopic (exact) mass is 403 g/mol. The van der Waals surface area contributed by atoms with Crippen LogP contribution in [0, 0.1) is 6.92 Å². The lowest BCUT2D eigenvalue weighted by Gasteiger charge is -2.22. The number of rotatable bonds is 6. The fraction of sp³-hybridized carbons (Fsp3) is 0.333. The first-order chi connectivity index (χ1) is 13.1. The normalized spacial score (nSPS) is 16.0. The lowest BCUT2D eigenvalue weighted by atomic mass is 10.1. The van der Waals surface area contributed by atoms with Gasteiger partial charge in [0, 0.05) is 31.7 Å². The fourth-order valence-electron chi connectivity index (χ4n) is 2.85. The van der Waals surface area contributed by atoms with Crippen LogP contribution in [-0.4, -0.2) is 37.6 Å². The zero-order valence-electron chi connectivity index (χ0n) is 15.9. The summed E-state index contributed by atoms with van der Waals surface area (Å²) in [6, 6.07) is 15.3. The molecule has 0 aliphatic carbocycles. The molecule has 28 heavy (non-hydrogen) atoms. The number of nitrogens with one attached hydrogen (secondary N) is 3.